The minimum absolute atomic E-state index is 0.127. The second-order valence-corrected chi connectivity index (χ2v) is 4.19. The summed E-state index contributed by atoms with van der Waals surface area (Å²) in [6.07, 6.45) is 3.71. The van der Waals surface area contributed by atoms with E-state index in [2.05, 4.69) is 9.97 Å². The van der Waals surface area contributed by atoms with E-state index in [1.54, 1.807) is 12.4 Å². The number of fused-ring (bicyclic) bond motifs is 1. The fourth-order valence-corrected chi connectivity index (χ4v) is 2.26. The third-order valence-corrected chi connectivity index (χ3v) is 3.24. The van der Waals surface area contributed by atoms with Crippen molar-refractivity contribution in [2.45, 2.75) is 12.3 Å². The van der Waals surface area contributed by atoms with E-state index < -0.39 is 0 Å². The van der Waals surface area contributed by atoms with Crippen LogP contribution in [0.25, 0.3) is 11.0 Å². The van der Waals surface area contributed by atoms with E-state index in [1.807, 2.05) is 12.1 Å². The lowest BCUT2D eigenvalue weighted by Gasteiger charge is -2.07. The molecule has 2 aromatic heterocycles. The van der Waals surface area contributed by atoms with E-state index in [0.717, 1.165) is 16.6 Å². The summed E-state index contributed by atoms with van der Waals surface area (Å²) < 4.78 is 0. The van der Waals surface area contributed by atoms with E-state index >= 15 is 0 Å². The molecule has 0 bridgehead atoms. The molecule has 1 atom stereocenters. The van der Waals surface area contributed by atoms with Gasteiger partial charge in [-0.1, -0.05) is 0 Å². The zero-order valence-corrected chi connectivity index (χ0v) is 9.30. The van der Waals surface area contributed by atoms with Gasteiger partial charge in [-0.2, -0.15) is 0 Å². The zero-order chi connectivity index (χ0) is 12.0. The van der Waals surface area contributed by atoms with Crippen LogP contribution < -0.4 is 0 Å². The van der Waals surface area contributed by atoms with Crippen molar-refractivity contribution in [2.75, 3.05) is 7.05 Å². The van der Waals surface area contributed by atoms with Crippen LogP contribution >= 0.6 is 0 Å². The lowest BCUT2D eigenvalue weighted by molar-refractivity contribution is -0.137. The minimum Gasteiger partial charge on any atom is -0.346 e. The number of aromatic amines is 1. The zero-order valence-electron chi connectivity index (χ0n) is 9.30. The Morgan fingerprint density at radius 3 is 3.00 bits per heavy atom. The molecule has 0 saturated carbocycles. The quantitative estimate of drug-likeness (QED) is 0.743. The van der Waals surface area contributed by atoms with Gasteiger partial charge in [0, 0.05) is 31.2 Å². The summed E-state index contributed by atoms with van der Waals surface area (Å²) in [5.41, 5.74) is 1.60. The molecule has 3 heterocycles. The molecule has 1 unspecified atom stereocenters. The molecule has 0 radical (unpaired) electrons. The maximum atomic E-state index is 11.9. The SMILES string of the molecule is CN1C(=O)CC(c2c[nH]c3ncccc23)C1=O. The Morgan fingerprint density at radius 2 is 2.29 bits per heavy atom. The number of H-pyrrole nitrogens is 1. The van der Waals surface area contributed by atoms with E-state index in [-0.39, 0.29) is 24.2 Å². The number of imide groups is 1. The summed E-state index contributed by atoms with van der Waals surface area (Å²) in [4.78, 5) is 31.8. The van der Waals surface area contributed by atoms with Crippen molar-refractivity contribution in [3.63, 3.8) is 0 Å². The maximum absolute atomic E-state index is 11.9. The first-order valence-electron chi connectivity index (χ1n) is 5.41. The van der Waals surface area contributed by atoms with Crippen LogP contribution in [0.3, 0.4) is 0 Å². The predicted molar refractivity (Wildman–Crippen MR) is 61.2 cm³/mol. The number of hydrogen-bond donors (Lipinski definition) is 1. The Hall–Kier alpha value is -2.17. The molecule has 86 valence electrons. The molecule has 1 saturated heterocycles. The van der Waals surface area contributed by atoms with Gasteiger partial charge in [0.05, 0.1) is 5.92 Å². The van der Waals surface area contributed by atoms with Crippen LogP contribution in [-0.2, 0) is 9.59 Å². The summed E-state index contributed by atoms with van der Waals surface area (Å²) in [6.45, 7) is 0. The van der Waals surface area contributed by atoms with Crippen molar-refractivity contribution in [1.29, 1.82) is 0 Å². The Labute approximate surface area is 97.4 Å². The minimum atomic E-state index is -0.370. The van der Waals surface area contributed by atoms with Gasteiger partial charge in [0.1, 0.15) is 5.65 Å². The van der Waals surface area contributed by atoms with E-state index in [1.165, 1.54) is 11.9 Å². The highest BCUT2D eigenvalue weighted by Crippen LogP contribution is 2.32. The molecule has 3 rings (SSSR count). The molecule has 1 N–H and O–H groups in total. The molecule has 1 aliphatic rings. The number of nitrogens with one attached hydrogen (secondary N) is 1. The van der Waals surface area contributed by atoms with Gasteiger partial charge in [-0.25, -0.2) is 4.98 Å². The number of nitrogens with zero attached hydrogens (tertiary/aromatic N) is 2. The maximum Gasteiger partial charge on any atom is 0.237 e. The smallest absolute Gasteiger partial charge is 0.237 e. The Bertz CT molecular complexity index is 617. The second-order valence-electron chi connectivity index (χ2n) is 4.19. The van der Waals surface area contributed by atoms with Gasteiger partial charge in [0.2, 0.25) is 11.8 Å². The van der Waals surface area contributed by atoms with Crippen molar-refractivity contribution in [2.24, 2.45) is 0 Å². The standard InChI is InChI=1S/C12H11N3O2/c1-15-10(16)5-8(12(15)17)9-6-14-11-7(9)3-2-4-13-11/h2-4,6,8H,5H2,1H3,(H,13,14). The van der Waals surface area contributed by atoms with Crippen molar-refractivity contribution in [1.82, 2.24) is 14.9 Å². The van der Waals surface area contributed by atoms with Gasteiger partial charge in [0.25, 0.3) is 0 Å². The van der Waals surface area contributed by atoms with Crippen LogP contribution in [-0.4, -0.2) is 33.7 Å². The molecular formula is C12H11N3O2. The van der Waals surface area contributed by atoms with Crippen LogP contribution in [0.2, 0.25) is 0 Å². The van der Waals surface area contributed by atoms with E-state index in [0.29, 0.717) is 0 Å². The van der Waals surface area contributed by atoms with Crippen LogP contribution in [0.4, 0.5) is 0 Å². The van der Waals surface area contributed by atoms with Crippen molar-refractivity contribution >= 4 is 22.8 Å². The second kappa shape index (κ2) is 3.41. The lowest BCUT2D eigenvalue weighted by atomic mass is 9.98. The average Bonchev–Trinajstić information content (AvgIpc) is 2.86. The fourth-order valence-electron chi connectivity index (χ4n) is 2.26. The summed E-state index contributed by atoms with van der Waals surface area (Å²) >= 11 is 0. The molecule has 0 spiro atoms. The monoisotopic (exact) mass is 229 g/mol. The number of pyridine rings is 1. The van der Waals surface area contributed by atoms with Crippen molar-refractivity contribution in [3.8, 4) is 0 Å². The highest BCUT2D eigenvalue weighted by atomic mass is 16.2. The third kappa shape index (κ3) is 1.35. The number of likely N-dealkylation sites (N-methyl/N-ethyl adjacent to an activating group) is 1. The number of likely N-dealkylation sites (tertiary alicyclic amines) is 1. The summed E-state index contributed by atoms with van der Waals surface area (Å²) in [5.74, 6) is -0.636. The topological polar surface area (TPSA) is 66.1 Å². The Balaban J connectivity index is 2.11. The lowest BCUT2D eigenvalue weighted by Crippen LogP contribution is -2.25. The average molecular weight is 229 g/mol. The predicted octanol–water partition coefficient (Wildman–Crippen LogP) is 1.04. The summed E-state index contributed by atoms with van der Waals surface area (Å²) in [6, 6.07) is 3.73. The number of hydrogen-bond acceptors (Lipinski definition) is 3. The first kappa shape index (κ1) is 10.0. The van der Waals surface area contributed by atoms with Crippen LogP contribution in [0, 0.1) is 0 Å². The van der Waals surface area contributed by atoms with E-state index in [9.17, 15) is 9.59 Å². The van der Waals surface area contributed by atoms with Crippen molar-refractivity contribution < 1.29 is 9.59 Å². The normalized spacial score (nSPS) is 20.5. The molecule has 2 amide bonds. The molecule has 5 nitrogen and oxygen atoms in total. The number of carbonyl (C=O) groups excluding carboxylic acids is 2. The molecular weight excluding hydrogens is 218 g/mol. The van der Waals surface area contributed by atoms with E-state index in [4.69, 9.17) is 0 Å². The Kier molecular flexibility index (Phi) is 2.01. The molecule has 0 aromatic carbocycles. The fraction of sp³-hybridized carbons (Fsp3) is 0.250. The first-order chi connectivity index (χ1) is 8.18. The summed E-state index contributed by atoms with van der Waals surface area (Å²) in [7, 11) is 1.53. The third-order valence-electron chi connectivity index (χ3n) is 3.24. The molecule has 1 fully saturated rings. The number of carbonyl (C=O) groups is 2. The first-order valence-corrected chi connectivity index (χ1v) is 5.41. The largest absolute Gasteiger partial charge is 0.346 e. The Morgan fingerprint density at radius 1 is 1.47 bits per heavy atom. The van der Waals surface area contributed by atoms with Crippen LogP contribution in [0.1, 0.15) is 17.9 Å². The number of aromatic nitrogens is 2. The number of amides is 2. The molecule has 5 heteroatoms. The van der Waals surface area contributed by atoms with Crippen LogP contribution in [0.15, 0.2) is 24.5 Å². The van der Waals surface area contributed by atoms with Gasteiger partial charge < -0.3 is 4.98 Å². The van der Waals surface area contributed by atoms with Gasteiger partial charge in [-0.05, 0) is 17.7 Å². The molecule has 17 heavy (non-hydrogen) atoms. The van der Waals surface area contributed by atoms with Gasteiger partial charge in [-0.3, -0.25) is 14.5 Å². The number of rotatable bonds is 1. The van der Waals surface area contributed by atoms with Gasteiger partial charge >= 0.3 is 0 Å². The van der Waals surface area contributed by atoms with Crippen molar-refractivity contribution in [3.05, 3.63) is 30.1 Å². The molecule has 2 aromatic rings. The summed E-state index contributed by atoms with van der Waals surface area (Å²) in [5, 5.41) is 0.911. The highest BCUT2D eigenvalue weighted by molar-refractivity contribution is 6.07. The molecule has 0 aliphatic carbocycles. The van der Waals surface area contributed by atoms with Crippen LogP contribution in [0.5, 0.6) is 0 Å². The highest BCUT2D eigenvalue weighted by Gasteiger charge is 2.38. The van der Waals surface area contributed by atoms with Gasteiger partial charge in [-0.15, -0.1) is 0 Å². The molecule has 1 aliphatic heterocycles. The van der Waals surface area contributed by atoms with Gasteiger partial charge in [0.15, 0.2) is 0 Å².